The fourth-order valence-corrected chi connectivity index (χ4v) is 3.42. The van der Waals surface area contributed by atoms with Gasteiger partial charge in [-0.2, -0.15) is 0 Å². The zero-order valence-electron chi connectivity index (χ0n) is 13.5. The van der Waals surface area contributed by atoms with E-state index in [9.17, 15) is 5.11 Å². The number of quaternary nitrogens is 1. The van der Waals surface area contributed by atoms with E-state index in [4.69, 9.17) is 11.6 Å². The average Bonchev–Trinajstić information content (AvgIpc) is 2.58. The minimum Gasteiger partial charge on any atom is -0.382 e. The summed E-state index contributed by atoms with van der Waals surface area (Å²) in [6, 6.07) is 16.0. The SMILES string of the molecule is Cc1ccc(Cl)cc1N1CC[NH+](C[C@@H](O)c2ccccc2)CC1. The van der Waals surface area contributed by atoms with Crippen molar-refractivity contribution in [3.05, 3.63) is 64.7 Å². The second-order valence-corrected chi connectivity index (χ2v) is 6.73. The van der Waals surface area contributed by atoms with Crippen LogP contribution in [0.25, 0.3) is 0 Å². The van der Waals surface area contributed by atoms with Gasteiger partial charge in [-0.1, -0.05) is 48.0 Å². The standard InChI is InChI=1S/C19H23ClN2O/c1-15-7-8-17(20)13-18(15)22-11-9-21(10-12-22)14-19(23)16-5-3-2-4-6-16/h2-8,13,19,23H,9-12,14H2,1H3/p+1/t19-/m1/s1. The molecular weight excluding hydrogens is 308 g/mol. The molecule has 0 spiro atoms. The molecule has 0 bridgehead atoms. The number of anilines is 1. The number of nitrogens with zero attached hydrogens (tertiary/aromatic N) is 1. The highest BCUT2D eigenvalue weighted by molar-refractivity contribution is 6.30. The topological polar surface area (TPSA) is 27.9 Å². The van der Waals surface area contributed by atoms with Crippen LogP contribution in [0.15, 0.2) is 48.5 Å². The molecule has 0 saturated carbocycles. The lowest BCUT2D eigenvalue weighted by Crippen LogP contribution is -3.15. The highest BCUT2D eigenvalue weighted by atomic mass is 35.5. The van der Waals surface area contributed by atoms with E-state index in [1.54, 1.807) is 0 Å². The maximum absolute atomic E-state index is 10.4. The Bertz CT molecular complexity index is 639. The number of halogens is 1. The molecule has 1 atom stereocenters. The molecule has 2 N–H and O–H groups in total. The number of piperazine rings is 1. The van der Waals surface area contributed by atoms with E-state index in [0.29, 0.717) is 0 Å². The Morgan fingerprint density at radius 3 is 2.52 bits per heavy atom. The lowest BCUT2D eigenvalue weighted by Gasteiger charge is -2.35. The van der Waals surface area contributed by atoms with E-state index >= 15 is 0 Å². The van der Waals surface area contributed by atoms with E-state index < -0.39 is 0 Å². The summed E-state index contributed by atoms with van der Waals surface area (Å²) in [5.41, 5.74) is 3.51. The first-order chi connectivity index (χ1) is 11.1. The lowest BCUT2D eigenvalue weighted by molar-refractivity contribution is -0.904. The largest absolute Gasteiger partial charge is 0.382 e. The van der Waals surface area contributed by atoms with Gasteiger partial charge in [0.2, 0.25) is 0 Å². The third kappa shape index (κ3) is 4.05. The second kappa shape index (κ2) is 7.35. The van der Waals surface area contributed by atoms with Crippen molar-refractivity contribution in [3.8, 4) is 0 Å². The van der Waals surface area contributed by atoms with Gasteiger partial charge < -0.3 is 14.9 Å². The molecule has 3 rings (SSSR count). The molecular formula is C19H24ClN2O+. The molecule has 1 saturated heterocycles. The molecule has 0 radical (unpaired) electrons. The van der Waals surface area contributed by atoms with Crippen molar-refractivity contribution in [2.45, 2.75) is 13.0 Å². The first-order valence-corrected chi connectivity index (χ1v) is 8.59. The highest BCUT2D eigenvalue weighted by Crippen LogP contribution is 2.24. The molecule has 0 amide bonds. The van der Waals surface area contributed by atoms with E-state index in [2.05, 4.69) is 24.0 Å². The zero-order chi connectivity index (χ0) is 16.2. The minimum absolute atomic E-state index is 0.384. The van der Waals surface area contributed by atoms with Crippen molar-refractivity contribution in [2.24, 2.45) is 0 Å². The van der Waals surface area contributed by atoms with Crippen LogP contribution in [0.2, 0.25) is 5.02 Å². The van der Waals surface area contributed by atoms with Crippen LogP contribution in [0.5, 0.6) is 0 Å². The predicted octanol–water partition coefficient (Wildman–Crippen LogP) is 2.09. The molecule has 0 unspecified atom stereocenters. The summed E-state index contributed by atoms with van der Waals surface area (Å²) < 4.78 is 0. The number of benzene rings is 2. The summed E-state index contributed by atoms with van der Waals surface area (Å²) in [6.45, 7) is 6.97. The number of aryl methyl sites for hydroxylation is 1. The second-order valence-electron chi connectivity index (χ2n) is 6.30. The van der Waals surface area contributed by atoms with E-state index in [-0.39, 0.29) is 6.10 Å². The molecule has 0 aromatic heterocycles. The maximum Gasteiger partial charge on any atom is 0.128 e. The molecule has 23 heavy (non-hydrogen) atoms. The smallest absolute Gasteiger partial charge is 0.128 e. The monoisotopic (exact) mass is 331 g/mol. The van der Waals surface area contributed by atoms with Gasteiger partial charge in [0.1, 0.15) is 12.6 Å². The molecule has 3 nitrogen and oxygen atoms in total. The molecule has 4 heteroatoms. The maximum atomic E-state index is 10.4. The van der Waals surface area contributed by atoms with Crippen molar-refractivity contribution in [3.63, 3.8) is 0 Å². The molecule has 1 aliphatic heterocycles. The Hall–Kier alpha value is -1.55. The fourth-order valence-electron chi connectivity index (χ4n) is 3.26. The molecule has 2 aromatic rings. The summed E-state index contributed by atoms with van der Waals surface area (Å²) >= 11 is 6.14. The Balaban J connectivity index is 1.57. The summed E-state index contributed by atoms with van der Waals surface area (Å²) in [5.74, 6) is 0. The zero-order valence-corrected chi connectivity index (χ0v) is 14.3. The van der Waals surface area contributed by atoms with E-state index in [0.717, 1.165) is 43.3 Å². The Labute approximate surface area is 143 Å². The summed E-state index contributed by atoms with van der Waals surface area (Å²) in [7, 11) is 0. The molecule has 0 aliphatic carbocycles. The fraction of sp³-hybridized carbons (Fsp3) is 0.368. The van der Waals surface area contributed by atoms with Crippen molar-refractivity contribution < 1.29 is 10.0 Å². The van der Waals surface area contributed by atoms with Crippen LogP contribution < -0.4 is 9.80 Å². The lowest BCUT2D eigenvalue weighted by atomic mass is 10.1. The van der Waals surface area contributed by atoms with Gasteiger partial charge in [-0.25, -0.2) is 0 Å². The average molecular weight is 332 g/mol. The Morgan fingerprint density at radius 1 is 1.13 bits per heavy atom. The van der Waals surface area contributed by atoms with E-state index in [1.807, 2.05) is 36.4 Å². The normalized spacial score (nSPS) is 17.3. The van der Waals surface area contributed by atoms with Crippen molar-refractivity contribution in [1.82, 2.24) is 0 Å². The van der Waals surface area contributed by atoms with Gasteiger partial charge in [0.15, 0.2) is 0 Å². The third-order valence-corrected chi connectivity index (χ3v) is 4.88. The molecule has 1 aliphatic rings. The summed E-state index contributed by atoms with van der Waals surface area (Å²) in [4.78, 5) is 3.86. The third-order valence-electron chi connectivity index (χ3n) is 4.65. The van der Waals surface area contributed by atoms with Crippen molar-refractivity contribution in [1.29, 1.82) is 0 Å². The van der Waals surface area contributed by atoms with Crippen molar-refractivity contribution in [2.75, 3.05) is 37.6 Å². The Morgan fingerprint density at radius 2 is 1.83 bits per heavy atom. The van der Waals surface area contributed by atoms with Crippen LogP contribution in [-0.2, 0) is 0 Å². The van der Waals surface area contributed by atoms with Gasteiger partial charge in [-0.3, -0.25) is 0 Å². The van der Waals surface area contributed by atoms with Gasteiger partial charge in [0.25, 0.3) is 0 Å². The van der Waals surface area contributed by atoms with Crippen LogP contribution in [0.3, 0.4) is 0 Å². The van der Waals surface area contributed by atoms with Gasteiger partial charge in [0, 0.05) is 10.7 Å². The van der Waals surface area contributed by atoms with Crippen LogP contribution in [0.4, 0.5) is 5.69 Å². The van der Waals surface area contributed by atoms with Gasteiger partial charge in [-0.15, -0.1) is 0 Å². The van der Waals surface area contributed by atoms with Crippen LogP contribution in [-0.4, -0.2) is 37.8 Å². The number of nitrogens with one attached hydrogen (secondary N) is 1. The molecule has 1 fully saturated rings. The quantitative estimate of drug-likeness (QED) is 0.898. The van der Waals surface area contributed by atoms with Crippen LogP contribution in [0.1, 0.15) is 17.2 Å². The summed E-state index contributed by atoms with van der Waals surface area (Å²) in [5, 5.41) is 11.2. The van der Waals surface area contributed by atoms with Gasteiger partial charge in [0.05, 0.1) is 26.2 Å². The highest BCUT2D eigenvalue weighted by Gasteiger charge is 2.23. The number of hydrogen-bond donors (Lipinski definition) is 2. The number of aliphatic hydroxyl groups is 1. The van der Waals surface area contributed by atoms with Crippen LogP contribution in [0, 0.1) is 6.92 Å². The van der Waals surface area contributed by atoms with Crippen LogP contribution >= 0.6 is 11.6 Å². The Kier molecular flexibility index (Phi) is 5.21. The van der Waals surface area contributed by atoms with Gasteiger partial charge >= 0.3 is 0 Å². The van der Waals surface area contributed by atoms with Crippen molar-refractivity contribution >= 4 is 17.3 Å². The number of rotatable bonds is 4. The molecule has 122 valence electrons. The first kappa shape index (κ1) is 16.3. The first-order valence-electron chi connectivity index (χ1n) is 8.21. The number of aliphatic hydroxyl groups excluding tert-OH is 1. The molecule has 1 heterocycles. The minimum atomic E-state index is -0.384. The number of hydrogen-bond acceptors (Lipinski definition) is 2. The predicted molar refractivity (Wildman–Crippen MR) is 95.4 cm³/mol. The van der Waals surface area contributed by atoms with Gasteiger partial charge in [-0.05, 0) is 30.2 Å². The van der Waals surface area contributed by atoms with E-state index in [1.165, 1.54) is 16.2 Å². The summed E-state index contributed by atoms with van der Waals surface area (Å²) in [6.07, 6.45) is -0.384. The molecule has 2 aromatic carbocycles.